The number of hydrogen-bond acceptors (Lipinski definition) is 8. The fraction of sp³-hybridized carbons (Fsp3) is 0.393. The number of hydrogen-bond donors (Lipinski definition) is 0. The van der Waals surface area contributed by atoms with Gasteiger partial charge in [-0.1, -0.05) is 23.5 Å². The van der Waals surface area contributed by atoms with Gasteiger partial charge in [0.15, 0.2) is 10.7 Å². The number of piperidine rings is 1. The average Bonchev–Trinajstić information content (AvgIpc) is 3.48. The largest absolute Gasteiger partial charge is 0.463 e. The molecular formula is C28H32N4O4S. The Morgan fingerprint density at radius 1 is 1.16 bits per heavy atom. The van der Waals surface area contributed by atoms with Crippen LogP contribution in [-0.4, -0.2) is 44.3 Å². The Hall–Kier alpha value is -3.59. The maximum absolute atomic E-state index is 13.8. The van der Waals surface area contributed by atoms with E-state index < -0.39 is 12.0 Å². The summed E-state index contributed by atoms with van der Waals surface area (Å²) in [5.74, 6) is 0.994. The van der Waals surface area contributed by atoms with Crippen molar-refractivity contribution < 1.29 is 13.9 Å². The van der Waals surface area contributed by atoms with Crippen molar-refractivity contribution in [2.24, 2.45) is 4.99 Å². The van der Waals surface area contributed by atoms with Crippen LogP contribution in [0.15, 0.2) is 61.9 Å². The molecule has 0 saturated carbocycles. The molecule has 1 fully saturated rings. The molecule has 4 heterocycles. The van der Waals surface area contributed by atoms with E-state index in [1.54, 1.807) is 24.5 Å². The van der Waals surface area contributed by atoms with Crippen molar-refractivity contribution in [2.75, 3.05) is 43.6 Å². The first-order valence-corrected chi connectivity index (χ1v) is 13.5. The number of benzene rings is 1. The van der Waals surface area contributed by atoms with Gasteiger partial charge in [-0.15, -0.1) is 0 Å². The number of carbonyl (C=O) groups is 1. The molecule has 9 heteroatoms. The van der Waals surface area contributed by atoms with Gasteiger partial charge < -0.3 is 19.0 Å². The number of anilines is 2. The van der Waals surface area contributed by atoms with Gasteiger partial charge in [-0.25, -0.2) is 9.79 Å². The summed E-state index contributed by atoms with van der Waals surface area (Å²) in [6.07, 6.45) is 5.34. The van der Waals surface area contributed by atoms with Crippen LogP contribution in [0.2, 0.25) is 0 Å². The lowest BCUT2D eigenvalue weighted by molar-refractivity contribution is -0.139. The minimum Gasteiger partial charge on any atom is -0.463 e. The summed E-state index contributed by atoms with van der Waals surface area (Å²) in [5, 5.41) is 0. The number of esters is 1. The van der Waals surface area contributed by atoms with Crippen LogP contribution < -0.4 is 24.7 Å². The number of rotatable bonds is 6. The van der Waals surface area contributed by atoms with Crippen molar-refractivity contribution in [2.45, 2.75) is 39.2 Å². The van der Waals surface area contributed by atoms with Gasteiger partial charge in [-0.2, -0.15) is 0 Å². The smallest absolute Gasteiger partial charge is 0.338 e. The summed E-state index contributed by atoms with van der Waals surface area (Å²) < 4.78 is 13.6. The molecule has 0 spiro atoms. The third-order valence-corrected chi connectivity index (χ3v) is 7.78. The Morgan fingerprint density at radius 3 is 2.57 bits per heavy atom. The van der Waals surface area contributed by atoms with Gasteiger partial charge in [0.25, 0.3) is 5.56 Å². The topological polar surface area (TPSA) is 80.3 Å². The second-order valence-corrected chi connectivity index (χ2v) is 10.5. The second-order valence-electron chi connectivity index (χ2n) is 9.51. The molecule has 3 aromatic rings. The van der Waals surface area contributed by atoms with E-state index in [1.807, 2.05) is 55.4 Å². The maximum atomic E-state index is 13.8. The fourth-order valence-electron chi connectivity index (χ4n) is 4.89. The lowest BCUT2D eigenvalue weighted by atomic mass is 9.95. The number of carbonyl (C=O) groups excluding carboxylic acids is 1. The summed E-state index contributed by atoms with van der Waals surface area (Å²) in [7, 11) is 3.94. The molecule has 194 valence electrons. The number of aromatic nitrogens is 1. The zero-order valence-electron chi connectivity index (χ0n) is 21.7. The van der Waals surface area contributed by atoms with E-state index in [0.29, 0.717) is 26.4 Å². The Balaban J connectivity index is 1.60. The fourth-order valence-corrected chi connectivity index (χ4v) is 5.92. The van der Waals surface area contributed by atoms with Crippen molar-refractivity contribution in [3.63, 3.8) is 0 Å². The van der Waals surface area contributed by atoms with E-state index in [9.17, 15) is 9.59 Å². The Kier molecular flexibility index (Phi) is 7.06. The van der Waals surface area contributed by atoms with Crippen LogP contribution in [0.4, 0.5) is 11.6 Å². The molecule has 1 saturated heterocycles. The molecule has 8 nitrogen and oxygen atoms in total. The van der Waals surface area contributed by atoms with Crippen molar-refractivity contribution in [1.82, 2.24) is 4.57 Å². The summed E-state index contributed by atoms with van der Waals surface area (Å²) >= 11 is 1.30. The third kappa shape index (κ3) is 4.87. The first-order chi connectivity index (χ1) is 17.9. The molecule has 2 aliphatic heterocycles. The minimum absolute atomic E-state index is 0.212. The van der Waals surface area contributed by atoms with Gasteiger partial charge in [-0.05, 0) is 56.9 Å². The van der Waals surface area contributed by atoms with E-state index in [0.717, 1.165) is 43.1 Å². The summed E-state index contributed by atoms with van der Waals surface area (Å²) in [4.78, 5) is 36.3. The molecule has 0 amide bonds. The number of allylic oxidation sites excluding steroid dienone is 1. The van der Waals surface area contributed by atoms with Gasteiger partial charge in [0.05, 0.1) is 28.5 Å². The van der Waals surface area contributed by atoms with E-state index in [-0.39, 0.29) is 12.2 Å². The van der Waals surface area contributed by atoms with E-state index in [1.165, 1.54) is 17.8 Å². The van der Waals surface area contributed by atoms with Crippen molar-refractivity contribution >= 4 is 35.0 Å². The van der Waals surface area contributed by atoms with Gasteiger partial charge in [-0.3, -0.25) is 9.36 Å². The highest BCUT2D eigenvalue weighted by Gasteiger charge is 2.33. The molecular weight excluding hydrogens is 488 g/mol. The molecule has 2 aliphatic rings. The highest BCUT2D eigenvalue weighted by molar-refractivity contribution is 7.07. The number of ether oxygens (including phenoxy) is 1. The molecule has 0 bridgehead atoms. The lowest BCUT2D eigenvalue weighted by Crippen LogP contribution is -2.39. The van der Waals surface area contributed by atoms with Gasteiger partial charge in [0.2, 0.25) is 0 Å². The van der Waals surface area contributed by atoms with Crippen LogP contribution in [-0.2, 0) is 9.53 Å². The number of nitrogens with zero attached hydrogens (tertiary/aromatic N) is 4. The standard InChI is InChI=1S/C28H32N4O4S/c1-5-35-27(34)24-18(2)29-28-32(25(24)19-9-11-20(12-10-19)30(3)4)26(33)22(37-28)17-21-13-14-23(36-21)31-15-7-6-8-16-31/h9-14,17,25H,5-8,15-16H2,1-4H3. The number of furan rings is 1. The van der Waals surface area contributed by atoms with E-state index >= 15 is 0 Å². The zero-order valence-corrected chi connectivity index (χ0v) is 22.5. The molecule has 1 atom stereocenters. The predicted molar refractivity (Wildman–Crippen MR) is 146 cm³/mol. The van der Waals surface area contributed by atoms with E-state index in [4.69, 9.17) is 9.15 Å². The first kappa shape index (κ1) is 25.1. The molecule has 37 heavy (non-hydrogen) atoms. The zero-order chi connectivity index (χ0) is 26.1. The quantitative estimate of drug-likeness (QED) is 0.463. The molecule has 1 aromatic carbocycles. The van der Waals surface area contributed by atoms with E-state index in [2.05, 4.69) is 9.89 Å². The van der Waals surface area contributed by atoms with Gasteiger partial charge in [0.1, 0.15) is 5.76 Å². The number of thiazole rings is 1. The minimum atomic E-state index is -0.630. The number of fused-ring (bicyclic) bond motifs is 1. The molecule has 0 aliphatic carbocycles. The Morgan fingerprint density at radius 2 is 1.89 bits per heavy atom. The third-order valence-electron chi connectivity index (χ3n) is 6.80. The van der Waals surface area contributed by atoms with Crippen LogP contribution in [0, 0.1) is 0 Å². The maximum Gasteiger partial charge on any atom is 0.338 e. The SMILES string of the molecule is CCOC(=O)C1=C(C)N=c2sc(=Cc3ccc(N4CCCCC4)o3)c(=O)n2C1c1ccc(N(C)C)cc1. The van der Waals surface area contributed by atoms with Crippen molar-refractivity contribution in [3.05, 3.63) is 78.7 Å². The predicted octanol–water partition coefficient (Wildman–Crippen LogP) is 3.45. The summed E-state index contributed by atoms with van der Waals surface area (Å²) in [5.41, 5.74) is 2.57. The molecule has 0 radical (unpaired) electrons. The van der Waals surface area contributed by atoms with Crippen LogP contribution in [0.5, 0.6) is 0 Å². The van der Waals surface area contributed by atoms with Crippen LogP contribution in [0.1, 0.15) is 50.5 Å². The molecule has 5 rings (SSSR count). The highest BCUT2D eigenvalue weighted by Crippen LogP contribution is 2.31. The Labute approximate surface area is 219 Å². The summed E-state index contributed by atoms with van der Waals surface area (Å²) in [6.45, 7) is 5.77. The van der Waals surface area contributed by atoms with Crippen LogP contribution >= 0.6 is 11.3 Å². The average molecular weight is 521 g/mol. The molecule has 1 unspecified atom stereocenters. The monoisotopic (exact) mass is 520 g/mol. The van der Waals surface area contributed by atoms with Crippen molar-refractivity contribution in [3.8, 4) is 0 Å². The van der Waals surface area contributed by atoms with Crippen LogP contribution in [0.25, 0.3) is 6.08 Å². The first-order valence-electron chi connectivity index (χ1n) is 12.7. The Bertz CT molecular complexity index is 1500. The van der Waals surface area contributed by atoms with Gasteiger partial charge in [0, 0.05) is 45.0 Å². The summed E-state index contributed by atoms with van der Waals surface area (Å²) in [6, 6.07) is 11.1. The second kappa shape index (κ2) is 10.4. The lowest BCUT2D eigenvalue weighted by Gasteiger charge is -2.25. The molecule has 0 N–H and O–H groups in total. The normalized spacial score (nSPS) is 18.0. The van der Waals surface area contributed by atoms with Crippen molar-refractivity contribution in [1.29, 1.82) is 0 Å². The highest BCUT2D eigenvalue weighted by atomic mass is 32.1. The van der Waals surface area contributed by atoms with Gasteiger partial charge >= 0.3 is 5.97 Å². The molecule has 2 aromatic heterocycles. The van der Waals surface area contributed by atoms with Crippen LogP contribution in [0.3, 0.4) is 0 Å².